The first-order chi connectivity index (χ1) is 11.1. The van der Waals surface area contributed by atoms with Crippen LogP contribution in [0.5, 0.6) is 0 Å². The molecule has 0 aromatic carbocycles. The summed E-state index contributed by atoms with van der Waals surface area (Å²) in [5, 5.41) is 19.5. The minimum absolute atomic E-state index is 0.105. The maximum absolute atomic E-state index is 10.5. The van der Waals surface area contributed by atoms with Crippen LogP contribution in [0.4, 0.5) is 0 Å². The highest BCUT2D eigenvalue weighted by atomic mass is 32.2. The zero-order valence-corrected chi connectivity index (χ0v) is 15.7. The fraction of sp³-hybridized carbons (Fsp3) is 0.947. The zero-order chi connectivity index (χ0) is 16.9. The summed E-state index contributed by atoms with van der Waals surface area (Å²) in [6.45, 7) is 2.25. The molecule has 1 fully saturated rings. The SMILES string of the molecule is CCCCCCCSC1CC[C@@H](O)C1CCCCCCC(=O)O. The Kier molecular flexibility index (Phi) is 11.9. The van der Waals surface area contributed by atoms with Crippen LogP contribution in [0.25, 0.3) is 0 Å². The van der Waals surface area contributed by atoms with Gasteiger partial charge in [-0.2, -0.15) is 11.8 Å². The van der Waals surface area contributed by atoms with Crippen LogP contribution >= 0.6 is 11.8 Å². The molecule has 3 atom stereocenters. The second-order valence-electron chi connectivity index (χ2n) is 6.98. The van der Waals surface area contributed by atoms with E-state index >= 15 is 0 Å². The molecule has 2 unspecified atom stereocenters. The van der Waals surface area contributed by atoms with Crippen molar-refractivity contribution < 1.29 is 15.0 Å². The van der Waals surface area contributed by atoms with Crippen LogP contribution in [0.15, 0.2) is 0 Å². The molecule has 3 nitrogen and oxygen atoms in total. The Morgan fingerprint density at radius 3 is 2.43 bits per heavy atom. The predicted molar refractivity (Wildman–Crippen MR) is 99.1 cm³/mol. The highest BCUT2D eigenvalue weighted by molar-refractivity contribution is 7.99. The van der Waals surface area contributed by atoms with E-state index in [1.165, 1.54) is 44.3 Å². The van der Waals surface area contributed by atoms with Gasteiger partial charge in [0.1, 0.15) is 0 Å². The Morgan fingerprint density at radius 1 is 1.00 bits per heavy atom. The molecule has 0 saturated heterocycles. The number of hydrogen-bond donors (Lipinski definition) is 2. The van der Waals surface area contributed by atoms with Gasteiger partial charge in [-0.05, 0) is 43.8 Å². The van der Waals surface area contributed by atoms with Crippen molar-refractivity contribution in [1.29, 1.82) is 0 Å². The molecule has 0 spiro atoms. The number of rotatable bonds is 14. The molecule has 0 aromatic heterocycles. The minimum Gasteiger partial charge on any atom is -0.481 e. The highest BCUT2D eigenvalue weighted by Gasteiger charge is 2.34. The highest BCUT2D eigenvalue weighted by Crippen LogP contribution is 2.38. The summed E-state index contributed by atoms with van der Waals surface area (Å²) in [6.07, 6.45) is 14.2. The molecule has 2 N–H and O–H groups in total. The van der Waals surface area contributed by atoms with E-state index in [4.69, 9.17) is 5.11 Å². The summed E-state index contributed by atoms with van der Waals surface area (Å²) in [4.78, 5) is 10.5. The monoisotopic (exact) mass is 344 g/mol. The van der Waals surface area contributed by atoms with Crippen molar-refractivity contribution >= 4 is 17.7 Å². The van der Waals surface area contributed by atoms with Gasteiger partial charge in [-0.25, -0.2) is 0 Å². The molecule has 1 aliphatic rings. The molecule has 23 heavy (non-hydrogen) atoms. The molecule has 1 saturated carbocycles. The third-order valence-electron chi connectivity index (χ3n) is 4.98. The number of aliphatic carboxylic acids is 1. The molecule has 0 amide bonds. The summed E-state index contributed by atoms with van der Waals surface area (Å²) in [6, 6.07) is 0. The lowest BCUT2D eigenvalue weighted by Crippen LogP contribution is -2.21. The quantitative estimate of drug-likeness (QED) is 0.422. The third-order valence-corrected chi connectivity index (χ3v) is 6.51. The van der Waals surface area contributed by atoms with Crippen LogP contribution in [0.2, 0.25) is 0 Å². The van der Waals surface area contributed by atoms with Crippen molar-refractivity contribution in [2.24, 2.45) is 5.92 Å². The fourth-order valence-corrected chi connectivity index (χ4v) is 5.09. The summed E-state index contributed by atoms with van der Waals surface area (Å²) >= 11 is 2.09. The van der Waals surface area contributed by atoms with Crippen LogP contribution in [0, 0.1) is 5.92 Å². The Bertz CT molecular complexity index is 309. The van der Waals surface area contributed by atoms with E-state index < -0.39 is 5.97 Å². The van der Waals surface area contributed by atoms with Crippen LogP contribution in [0.1, 0.15) is 90.4 Å². The lowest BCUT2D eigenvalue weighted by Gasteiger charge is -2.21. The summed E-state index contributed by atoms with van der Waals surface area (Å²) < 4.78 is 0. The molecule has 1 rings (SSSR count). The first-order valence-corrected chi connectivity index (χ1v) is 10.7. The number of aliphatic hydroxyl groups is 1. The van der Waals surface area contributed by atoms with Crippen molar-refractivity contribution in [2.45, 2.75) is 102 Å². The van der Waals surface area contributed by atoms with Crippen molar-refractivity contribution in [3.05, 3.63) is 0 Å². The van der Waals surface area contributed by atoms with Gasteiger partial charge in [0.2, 0.25) is 0 Å². The van der Waals surface area contributed by atoms with Crippen LogP contribution in [0.3, 0.4) is 0 Å². The minimum atomic E-state index is -0.688. The Morgan fingerprint density at radius 2 is 1.70 bits per heavy atom. The van der Waals surface area contributed by atoms with E-state index in [0.717, 1.165) is 38.5 Å². The maximum Gasteiger partial charge on any atom is 0.303 e. The molecule has 136 valence electrons. The van der Waals surface area contributed by atoms with Gasteiger partial charge in [-0.1, -0.05) is 51.9 Å². The Hall–Kier alpha value is -0.220. The molecule has 1 aliphatic carbocycles. The van der Waals surface area contributed by atoms with E-state index in [1.54, 1.807) is 0 Å². The third kappa shape index (κ3) is 9.61. The second-order valence-corrected chi connectivity index (χ2v) is 8.33. The van der Waals surface area contributed by atoms with Gasteiger partial charge in [0, 0.05) is 11.7 Å². The first kappa shape index (κ1) is 20.8. The molecule has 0 radical (unpaired) electrons. The maximum atomic E-state index is 10.5. The molecular weight excluding hydrogens is 308 g/mol. The number of carbonyl (C=O) groups is 1. The van der Waals surface area contributed by atoms with Gasteiger partial charge in [-0.15, -0.1) is 0 Å². The van der Waals surface area contributed by atoms with Crippen LogP contribution in [-0.4, -0.2) is 33.3 Å². The number of unbranched alkanes of at least 4 members (excludes halogenated alkanes) is 7. The molecular formula is C19H36O3S. The number of hydrogen-bond acceptors (Lipinski definition) is 3. The normalized spacial score (nSPS) is 24.2. The van der Waals surface area contributed by atoms with Gasteiger partial charge >= 0.3 is 5.97 Å². The van der Waals surface area contributed by atoms with E-state index in [-0.39, 0.29) is 6.10 Å². The van der Waals surface area contributed by atoms with Gasteiger partial charge in [-0.3, -0.25) is 4.79 Å². The van der Waals surface area contributed by atoms with Crippen LogP contribution < -0.4 is 0 Å². The van der Waals surface area contributed by atoms with Gasteiger partial charge < -0.3 is 10.2 Å². The van der Waals surface area contributed by atoms with E-state index in [1.807, 2.05) is 0 Å². The van der Waals surface area contributed by atoms with E-state index in [2.05, 4.69) is 18.7 Å². The fourth-order valence-electron chi connectivity index (χ4n) is 3.55. The summed E-state index contributed by atoms with van der Waals surface area (Å²) in [5.74, 6) is 1.03. The number of thioether (sulfide) groups is 1. The van der Waals surface area contributed by atoms with E-state index in [9.17, 15) is 9.90 Å². The smallest absolute Gasteiger partial charge is 0.303 e. The van der Waals surface area contributed by atoms with Gasteiger partial charge in [0.05, 0.1) is 6.10 Å². The standard InChI is InChI=1S/C19H36O3S/c1-2-3-4-7-10-15-23-18-14-13-17(20)16(18)11-8-5-6-9-12-19(21)22/h16-18,20H,2-15H2,1H3,(H,21,22)/t16?,17-,18?/m1/s1. The molecule has 0 heterocycles. The number of carboxylic acids is 1. The summed E-state index contributed by atoms with van der Waals surface area (Å²) in [5.41, 5.74) is 0. The average Bonchev–Trinajstić information content (AvgIpc) is 2.86. The average molecular weight is 345 g/mol. The summed E-state index contributed by atoms with van der Waals surface area (Å²) in [7, 11) is 0. The molecule has 0 aliphatic heterocycles. The van der Waals surface area contributed by atoms with Gasteiger partial charge in [0.25, 0.3) is 0 Å². The van der Waals surface area contributed by atoms with Crippen molar-refractivity contribution in [3.63, 3.8) is 0 Å². The van der Waals surface area contributed by atoms with Gasteiger partial charge in [0.15, 0.2) is 0 Å². The largest absolute Gasteiger partial charge is 0.481 e. The van der Waals surface area contributed by atoms with Crippen molar-refractivity contribution in [2.75, 3.05) is 5.75 Å². The lowest BCUT2D eigenvalue weighted by atomic mass is 9.97. The first-order valence-electron chi connectivity index (χ1n) is 9.66. The number of aliphatic hydroxyl groups excluding tert-OH is 1. The van der Waals surface area contributed by atoms with E-state index in [0.29, 0.717) is 17.6 Å². The molecule has 0 bridgehead atoms. The topological polar surface area (TPSA) is 57.5 Å². The predicted octanol–water partition coefficient (Wildman–Crippen LogP) is 5.25. The second kappa shape index (κ2) is 13.1. The number of carboxylic acid groups (broad SMARTS) is 1. The molecule has 0 aromatic rings. The van der Waals surface area contributed by atoms with Crippen molar-refractivity contribution in [3.8, 4) is 0 Å². The van der Waals surface area contributed by atoms with Crippen molar-refractivity contribution in [1.82, 2.24) is 0 Å². The molecule has 4 heteroatoms. The zero-order valence-electron chi connectivity index (χ0n) is 14.8. The Labute approximate surface area is 146 Å². The van der Waals surface area contributed by atoms with Crippen LogP contribution in [-0.2, 0) is 4.79 Å². The lowest BCUT2D eigenvalue weighted by molar-refractivity contribution is -0.137. The Balaban J connectivity index is 2.09.